The first kappa shape index (κ1) is 11.3. The molecule has 16 heavy (non-hydrogen) atoms. The molecule has 0 heterocycles. The van der Waals surface area contributed by atoms with E-state index in [1.807, 2.05) is 6.92 Å². The van der Waals surface area contributed by atoms with Crippen LogP contribution in [0.1, 0.15) is 40.3 Å². The van der Waals surface area contributed by atoms with Gasteiger partial charge in [-0.05, 0) is 80.8 Å². The summed E-state index contributed by atoms with van der Waals surface area (Å²) in [5.41, 5.74) is 9.10. The summed E-state index contributed by atoms with van der Waals surface area (Å²) in [7, 11) is 0. The van der Waals surface area contributed by atoms with Gasteiger partial charge in [0.2, 0.25) is 0 Å². The van der Waals surface area contributed by atoms with Gasteiger partial charge in [-0.25, -0.2) is 0 Å². The molecule has 1 aliphatic rings. The van der Waals surface area contributed by atoms with Crippen molar-refractivity contribution in [3.8, 4) is 11.8 Å². The highest BCUT2D eigenvalue weighted by atomic mass is 14.3. The van der Waals surface area contributed by atoms with Gasteiger partial charge in [0.15, 0.2) is 0 Å². The minimum absolute atomic E-state index is 0.554. The number of benzene rings is 1. The Labute approximate surface area is 99.1 Å². The molecule has 0 heteroatoms. The molecular formula is C16H20. The van der Waals surface area contributed by atoms with E-state index in [0.717, 1.165) is 12.8 Å². The Hall–Kier alpha value is -1.22. The molecule has 0 fully saturated rings. The van der Waals surface area contributed by atoms with E-state index in [1.54, 1.807) is 11.1 Å². The van der Waals surface area contributed by atoms with Gasteiger partial charge in [-0.3, -0.25) is 0 Å². The van der Waals surface area contributed by atoms with Crippen molar-refractivity contribution in [2.24, 2.45) is 5.92 Å². The van der Waals surface area contributed by atoms with Crippen LogP contribution < -0.4 is 0 Å². The monoisotopic (exact) mass is 212 g/mol. The zero-order chi connectivity index (χ0) is 11.9. The Morgan fingerprint density at radius 3 is 1.62 bits per heavy atom. The Bertz CT molecular complexity index is 458. The quantitative estimate of drug-likeness (QED) is 0.576. The van der Waals surface area contributed by atoms with Crippen molar-refractivity contribution in [3.63, 3.8) is 0 Å². The Morgan fingerprint density at radius 2 is 1.25 bits per heavy atom. The molecule has 1 aromatic carbocycles. The smallest absolute Gasteiger partial charge is 0.0283 e. The molecule has 1 aromatic rings. The molecule has 0 spiro atoms. The average molecular weight is 212 g/mol. The van der Waals surface area contributed by atoms with Crippen LogP contribution in [0, 0.1) is 45.5 Å². The number of hydrogen-bond acceptors (Lipinski definition) is 0. The fourth-order valence-electron chi connectivity index (χ4n) is 2.89. The van der Waals surface area contributed by atoms with Crippen LogP contribution >= 0.6 is 0 Å². The lowest BCUT2D eigenvalue weighted by molar-refractivity contribution is 0.728. The van der Waals surface area contributed by atoms with Crippen LogP contribution in [0.15, 0.2) is 0 Å². The van der Waals surface area contributed by atoms with Crippen molar-refractivity contribution < 1.29 is 0 Å². The molecule has 0 radical (unpaired) electrons. The summed E-state index contributed by atoms with van der Waals surface area (Å²) in [6.45, 7) is 11.0. The standard InChI is InChI=1S/C16H20/c1-6-7-14-8-15-12(4)10(2)11(3)13(5)16(15)9-14/h14H,8-9H2,1-5H3. The highest BCUT2D eigenvalue weighted by Gasteiger charge is 2.25. The molecule has 0 saturated carbocycles. The lowest BCUT2D eigenvalue weighted by Gasteiger charge is -2.15. The summed E-state index contributed by atoms with van der Waals surface area (Å²) in [4.78, 5) is 0. The number of fused-ring (bicyclic) bond motifs is 1. The van der Waals surface area contributed by atoms with Crippen molar-refractivity contribution >= 4 is 0 Å². The Kier molecular flexibility index (Phi) is 2.80. The molecule has 0 atom stereocenters. The maximum atomic E-state index is 3.33. The Balaban J connectivity index is 2.56. The second-order valence-corrected chi connectivity index (χ2v) is 4.96. The second kappa shape index (κ2) is 3.98. The zero-order valence-corrected chi connectivity index (χ0v) is 11.0. The van der Waals surface area contributed by atoms with Crippen molar-refractivity contribution in [2.45, 2.75) is 47.5 Å². The van der Waals surface area contributed by atoms with Crippen molar-refractivity contribution in [2.75, 3.05) is 0 Å². The molecule has 0 saturated heterocycles. The molecular weight excluding hydrogens is 192 g/mol. The molecule has 1 aliphatic carbocycles. The van der Waals surface area contributed by atoms with Crippen molar-refractivity contribution in [1.29, 1.82) is 0 Å². The molecule has 0 unspecified atom stereocenters. The minimum Gasteiger partial charge on any atom is -0.106 e. The summed E-state index contributed by atoms with van der Waals surface area (Å²) < 4.78 is 0. The average Bonchev–Trinajstić information content (AvgIpc) is 2.68. The van der Waals surface area contributed by atoms with Crippen LogP contribution in [0.3, 0.4) is 0 Å². The molecule has 84 valence electrons. The predicted molar refractivity (Wildman–Crippen MR) is 69.7 cm³/mol. The van der Waals surface area contributed by atoms with Crippen LogP contribution in [0.2, 0.25) is 0 Å². The summed E-state index contributed by atoms with van der Waals surface area (Å²) in [5, 5.41) is 0. The SMILES string of the molecule is CC#CC1Cc2c(C)c(C)c(C)c(C)c2C1. The lowest BCUT2D eigenvalue weighted by Crippen LogP contribution is -1.99. The van der Waals surface area contributed by atoms with Gasteiger partial charge in [-0.1, -0.05) is 5.92 Å². The number of hydrogen-bond donors (Lipinski definition) is 0. The minimum atomic E-state index is 0.554. The fraction of sp³-hybridized carbons (Fsp3) is 0.500. The van der Waals surface area contributed by atoms with Gasteiger partial charge in [0.25, 0.3) is 0 Å². The van der Waals surface area contributed by atoms with Gasteiger partial charge < -0.3 is 0 Å². The molecule has 0 aromatic heterocycles. The first-order valence-corrected chi connectivity index (χ1v) is 6.06. The van der Waals surface area contributed by atoms with E-state index in [-0.39, 0.29) is 0 Å². The van der Waals surface area contributed by atoms with Crippen LogP contribution in [-0.2, 0) is 12.8 Å². The predicted octanol–water partition coefficient (Wildman–Crippen LogP) is 3.66. The fourth-order valence-corrected chi connectivity index (χ4v) is 2.89. The third-order valence-corrected chi connectivity index (χ3v) is 4.21. The molecule has 0 bridgehead atoms. The van der Waals surface area contributed by atoms with E-state index >= 15 is 0 Å². The van der Waals surface area contributed by atoms with Gasteiger partial charge >= 0.3 is 0 Å². The van der Waals surface area contributed by atoms with Gasteiger partial charge in [-0.2, -0.15) is 0 Å². The summed E-state index contributed by atoms with van der Waals surface area (Å²) in [5.74, 6) is 6.95. The van der Waals surface area contributed by atoms with Crippen LogP contribution in [0.4, 0.5) is 0 Å². The Morgan fingerprint density at radius 1 is 0.812 bits per heavy atom. The zero-order valence-electron chi connectivity index (χ0n) is 11.0. The molecule has 0 N–H and O–H groups in total. The van der Waals surface area contributed by atoms with E-state index < -0.39 is 0 Å². The van der Waals surface area contributed by atoms with Crippen LogP contribution in [-0.4, -0.2) is 0 Å². The number of rotatable bonds is 0. The van der Waals surface area contributed by atoms with Crippen LogP contribution in [0.25, 0.3) is 0 Å². The van der Waals surface area contributed by atoms with Crippen LogP contribution in [0.5, 0.6) is 0 Å². The normalized spacial score (nSPS) is 14.6. The van der Waals surface area contributed by atoms with Gasteiger partial charge in [-0.15, -0.1) is 5.92 Å². The van der Waals surface area contributed by atoms with Gasteiger partial charge in [0.1, 0.15) is 0 Å². The van der Waals surface area contributed by atoms with Crippen molar-refractivity contribution in [3.05, 3.63) is 33.4 Å². The lowest BCUT2D eigenvalue weighted by atomic mass is 9.90. The van der Waals surface area contributed by atoms with E-state index in [0.29, 0.717) is 5.92 Å². The maximum Gasteiger partial charge on any atom is 0.0283 e. The van der Waals surface area contributed by atoms with E-state index in [2.05, 4.69) is 39.5 Å². The molecule has 0 aliphatic heterocycles. The third kappa shape index (κ3) is 1.55. The molecule has 0 nitrogen and oxygen atoms in total. The largest absolute Gasteiger partial charge is 0.106 e. The molecule has 0 amide bonds. The van der Waals surface area contributed by atoms with Crippen molar-refractivity contribution in [1.82, 2.24) is 0 Å². The first-order valence-electron chi connectivity index (χ1n) is 6.06. The first-order chi connectivity index (χ1) is 7.56. The maximum absolute atomic E-state index is 3.33. The summed E-state index contributed by atoms with van der Waals surface area (Å²) >= 11 is 0. The molecule has 2 rings (SSSR count). The van der Waals surface area contributed by atoms with E-state index in [1.165, 1.54) is 22.3 Å². The van der Waals surface area contributed by atoms with Gasteiger partial charge in [0.05, 0.1) is 0 Å². The van der Waals surface area contributed by atoms with E-state index in [9.17, 15) is 0 Å². The third-order valence-electron chi connectivity index (χ3n) is 4.21. The topological polar surface area (TPSA) is 0 Å². The second-order valence-electron chi connectivity index (χ2n) is 4.96. The highest BCUT2D eigenvalue weighted by Crippen LogP contribution is 2.35. The highest BCUT2D eigenvalue weighted by molar-refractivity contribution is 5.53. The van der Waals surface area contributed by atoms with Gasteiger partial charge in [0, 0.05) is 5.92 Å². The summed E-state index contributed by atoms with van der Waals surface area (Å²) in [6.07, 6.45) is 2.31. The van der Waals surface area contributed by atoms with E-state index in [4.69, 9.17) is 0 Å². The summed E-state index contributed by atoms with van der Waals surface area (Å²) in [6, 6.07) is 0.